The number of nitrogens with zero attached hydrogens (tertiary/aromatic N) is 2. The van der Waals surface area contributed by atoms with E-state index in [4.69, 9.17) is 21.2 Å². The molecule has 0 saturated heterocycles. The number of hydrogen-bond donors (Lipinski definition) is 3. The lowest BCUT2D eigenvalue weighted by atomic mass is 9.97. The summed E-state index contributed by atoms with van der Waals surface area (Å²) in [6.07, 6.45) is 0.599. The summed E-state index contributed by atoms with van der Waals surface area (Å²) < 4.78 is 5.42. The molecule has 1 aliphatic heterocycles. The minimum Gasteiger partial charge on any atom is -0.496 e. The van der Waals surface area contributed by atoms with E-state index in [0.29, 0.717) is 28.5 Å². The lowest BCUT2D eigenvalue weighted by Gasteiger charge is -2.26. The molecule has 0 fully saturated rings. The number of rotatable bonds is 8. The van der Waals surface area contributed by atoms with Crippen molar-refractivity contribution in [3.8, 4) is 11.5 Å². The highest BCUT2D eigenvalue weighted by atomic mass is 35.5. The smallest absolute Gasteiger partial charge is 0.325 e. The van der Waals surface area contributed by atoms with Crippen LogP contribution in [0.1, 0.15) is 18.9 Å². The molecular formula is C25H30ClN5O5. The van der Waals surface area contributed by atoms with Crippen LogP contribution >= 0.6 is 11.6 Å². The number of imide groups is 1. The van der Waals surface area contributed by atoms with Crippen LogP contribution in [0.4, 0.5) is 4.79 Å². The van der Waals surface area contributed by atoms with Gasteiger partial charge in [0.1, 0.15) is 11.8 Å². The number of amides is 4. The molecular weight excluding hydrogens is 486 g/mol. The van der Waals surface area contributed by atoms with E-state index < -0.39 is 23.9 Å². The van der Waals surface area contributed by atoms with Crippen molar-refractivity contribution >= 4 is 35.3 Å². The zero-order valence-corrected chi connectivity index (χ0v) is 21.2. The molecule has 1 heterocycles. The first kappa shape index (κ1) is 26.8. The van der Waals surface area contributed by atoms with E-state index in [-0.39, 0.29) is 31.3 Å². The summed E-state index contributed by atoms with van der Waals surface area (Å²) in [6, 6.07) is 12.6. The molecule has 0 bridgehead atoms. The zero-order chi connectivity index (χ0) is 26.1. The topological polar surface area (TPSA) is 121 Å². The summed E-state index contributed by atoms with van der Waals surface area (Å²) >= 11 is 6.17. The number of urea groups is 1. The fourth-order valence-electron chi connectivity index (χ4n) is 3.72. The second kappa shape index (κ2) is 12.8. The maximum absolute atomic E-state index is 13.6. The van der Waals surface area contributed by atoms with E-state index >= 15 is 0 Å². The highest BCUT2D eigenvalue weighted by molar-refractivity contribution is 6.30. The molecule has 0 saturated carbocycles. The van der Waals surface area contributed by atoms with Crippen molar-refractivity contribution in [3.63, 3.8) is 0 Å². The van der Waals surface area contributed by atoms with Crippen LogP contribution in [0.5, 0.6) is 11.5 Å². The highest BCUT2D eigenvalue weighted by Gasteiger charge is 2.34. The Morgan fingerprint density at radius 1 is 1.22 bits per heavy atom. The number of carbonyl (C=O) groups excluding carboxylic acids is 3. The summed E-state index contributed by atoms with van der Waals surface area (Å²) in [5.41, 5.74) is 3.47. The van der Waals surface area contributed by atoms with Crippen LogP contribution in [0.2, 0.25) is 5.02 Å². The lowest BCUT2D eigenvalue weighted by Crippen LogP contribution is -2.54. The van der Waals surface area contributed by atoms with E-state index in [9.17, 15) is 14.4 Å². The third-order valence-electron chi connectivity index (χ3n) is 5.68. The van der Waals surface area contributed by atoms with E-state index in [2.05, 4.69) is 21.1 Å². The molecule has 0 spiro atoms. The Kier molecular flexibility index (Phi) is 9.52. The van der Waals surface area contributed by atoms with Gasteiger partial charge in [0.05, 0.1) is 26.1 Å². The van der Waals surface area contributed by atoms with Gasteiger partial charge in [0, 0.05) is 12.1 Å². The van der Waals surface area contributed by atoms with Crippen LogP contribution in [-0.4, -0.2) is 61.9 Å². The second-order valence-corrected chi connectivity index (χ2v) is 8.55. The number of methoxy groups -OCH3 is 1. The molecule has 1 aliphatic rings. The molecule has 0 radical (unpaired) electrons. The summed E-state index contributed by atoms with van der Waals surface area (Å²) in [5, 5.41) is 5.66. The average Bonchev–Trinajstić information content (AvgIpc) is 3.05. The molecule has 2 atom stereocenters. The normalized spacial score (nSPS) is 16.3. The van der Waals surface area contributed by atoms with Crippen LogP contribution in [0.15, 0.2) is 53.5 Å². The van der Waals surface area contributed by atoms with Gasteiger partial charge < -0.3 is 20.2 Å². The molecule has 0 aromatic heterocycles. The van der Waals surface area contributed by atoms with Gasteiger partial charge in [0.25, 0.3) is 0 Å². The predicted octanol–water partition coefficient (Wildman–Crippen LogP) is 2.57. The molecule has 4 amide bonds. The van der Waals surface area contributed by atoms with Gasteiger partial charge in [-0.3, -0.25) is 19.5 Å². The number of para-hydroxylation sites is 1. The Balaban J connectivity index is 1.86. The number of benzene rings is 2. The van der Waals surface area contributed by atoms with Gasteiger partial charge in [-0.1, -0.05) is 36.7 Å². The lowest BCUT2D eigenvalue weighted by molar-refractivity contribution is -0.131. The Labute approximate surface area is 215 Å². The van der Waals surface area contributed by atoms with Crippen LogP contribution in [0, 0.1) is 5.92 Å². The fraction of sp³-hybridized carbons (Fsp3) is 0.360. The number of hydrogen-bond acceptors (Lipinski definition) is 7. The number of halogens is 1. The number of likely N-dealkylation sites (N-methyl/N-ethyl adjacent to an activating group) is 1. The van der Waals surface area contributed by atoms with Gasteiger partial charge in [0.2, 0.25) is 11.8 Å². The van der Waals surface area contributed by atoms with Gasteiger partial charge in [0.15, 0.2) is 11.6 Å². The summed E-state index contributed by atoms with van der Waals surface area (Å²) in [7, 11) is 3.02. The third kappa shape index (κ3) is 6.88. The highest BCUT2D eigenvalue weighted by Crippen LogP contribution is 2.27. The quantitative estimate of drug-likeness (QED) is 0.465. The summed E-state index contributed by atoms with van der Waals surface area (Å²) in [5.74, 6) is -0.0741. The van der Waals surface area contributed by atoms with Crippen LogP contribution in [0.3, 0.4) is 0 Å². The monoisotopic (exact) mass is 515 g/mol. The molecule has 1 unspecified atom stereocenters. The number of hydroxylamine groups is 1. The molecule has 11 heteroatoms. The van der Waals surface area contributed by atoms with Crippen LogP contribution in [-0.2, 0) is 16.0 Å². The van der Waals surface area contributed by atoms with Crippen molar-refractivity contribution in [2.75, 3.05) is 27.2 Å². The third-order valence-corrected chi connectivity index (χ3v) is 5.91. The molecule has 3 rings (SSSR count). The molecule has 10 nitrogen and oxygen atoms in total. The minimum atomic E-state index is -0.793. The van der Waals surface area contributed by atoms with Crippen molar-refractivity contribution in [3.05, 3.63) is 59.1 Å². The van der Waals surface area contributed by atoms with Gasteiger partial charge in [-0.05, 0) is 48.7 Å². The number of nitrogens with one attached hydrogen (secondary N) is 3. The van der Waals surface area contributed by atoms with E-state index in [1.165, 1.54) is 14.2 Å². The second-order valence-electron chi connectivity index (χ2n) is 8.11. The number of aliphatic imine (C=N–C) groups is 1. The first-order chi connectivity index (χ1) is 17.4. The zero-order valence-electron chi connectivity index (χ0n) is 20.4. The van der Waals surface area contributed by atoms with Gasteiger partial charge >= 0.3 is 6.03 Å². The van der Waals surface area contributed by atoms with E-state index in [1.807, 2.05) is 18.2 Å². The summed E-state index contributed by atoms with van der Waals surface area (Å²) in [4.78, 5) is 50.0. The van der Waals surface area contributed by atoms with Gasteiger partial charge in [-0.2, -0.15) is 0 Å². The maximum atomic E-state index is 13.6. The Bertz CT molecular complexity index is 1110. The van der Waals surface area contributed by atoms with Crippen molar-refractivity contribution in [2.45, 2.75) is 25.8 Å². The maximum Gasteiger partial charge on any atom is 0.325 e. The Morgan fingerprint density at radius 2 is 1.97 bits per heavy atom. The first-order valence-electron chi connectivity index (χ1n) is 11.5. The van der Waals surface area contributed by atoms with Gasteiger partial charge in [-0.15, -0.1) is 0 Å². The van der Waals surface area contributed by atoms with Crippen LogP contribution < -0.4 is 25.7 Å². The molecule has 0 aliphatic carbocycles. The van der Waals surface area contributed by atoms with Crippen molar-refractivity contribution in [1.82, 2.24) is 21.0 Å². The Hall–Kier alpha value is -3.79. The number of ether oxygens (including phenoxy) is 1. The van der Waals surface area contributed by atoms with Crippen LogP contribution in [0.25, 0.3) is 0 Å². The minimum absolute atomic E-state index is 0.103. The van der Waals surface area contributed by atoms with Gasteiger partial charge in [-0.25, -0.2) is 10.3 Å². The molecule has 3 N–H and O–H groups in total. The number of carbonyl (C=O) groups is 3. The SMILES string of the molecule is CCC(NC(=O)N1CC(NOc2ccccc2)=NC[C@@H](Cc2cc(Cl)ccc2OC)C1=O)C(=O)NC. The molecule has 2 aromatic carbocycles. The largest absolute Gasteiger partial charge is 0.496 e. The molecule has 36 heavy (non-hydrogen) atoms. The fourth-order valence-corrected chi connectivity index (χ4v) is 3.91. The van der Waals surface area contributed by atoms with E-state index in [1.54, 1.807) is 37.3 Å². The first-order valence-corrected chi connectivity index (χ1v) is 11.9. The summed E-state index contributed by atoms with van der Waals surface area (Å²) in [6.45, 7) is 1.71. The van der Waals surface area contributed by atoms with Crippen molar-refractivity contribution in [2.24, 2.45) is 10.9 Å². The molecule has 2 aromatic rings. The molecule has 192 valence electrons. The Morgan fingerprint density at radius 3 is 2.64 bits per heavy atom. The van der Waals surface area contributed by atoms with E-state index in [0.717, 1.165) is 4.90 Å². The number of amidine groups is 1. The average molecular weight is 516 g/mol. The van der Waals surface area contributed by atoms with Crippen molar-refractivity contribution < 1.29 is 24.0 Å². The standard InChI is InChI=1S/C25H30ClN5O5/c1-4-20(23(32)27-2)29-25(34)31-15-22(30-36-19-8-6-5-7-9-19)28-14-17(24(31)33)12-16-13-18(26)10-11-21(16)35-3/h5-11,13,17,20H,4,12,14-15H2,1-3H3,(H,27,32)(H,28,30)(H,29,34)/t17-,20?/m1/s1. The van der Waals surface area contributed by atoms with Crippen molar-refractivity contribution in [1.29, 1.82) is 0 Å². The predicted molar refractivity (Wildman–Crippen MR) is 136 cm³/mol.